The van der Waals surface area contributed by atoms with E-state index in [1.54, 1.807) is 12.1 Å². The zero-order valence-electron chi connectivity index (χ0n) is 11.6. The van der Waals surface area contributed by atoms with E-state index in [1.165, 1.54) is 0 Å². The highest BCUT2D eigenvalue weighted by Crippen LogP contribution is 2.30. The van der Waals surface area contributed by atoms with Gasteiger partial charge in [0.25, 0.3) is 0 Å². The third-order valence-electron chi connectivity index (χ3n) is 2.69. The van der Waals surface area contributed by atoms with Gasteiger partial charge in [-0.2, -0.15) is 4.98 Å². The van der Waals surface area contributed by atoms with Gasteiger partial charge in [0.2, 0.25) is 5.88 Å². The molecule has 0 bridgehead atoms. The quantitative estimate of drug-likeness (QED) is 0.665. The fourth-order valence-electron chi connectivity index (χ4n) is 1.63. The number of hydrogen-bond acceptors (Lipinski definition) is 5. The number of hydrogen-bond donors (Lipinski definition) is 2. The zero-order valence-corrected chi connectivity index (χ0v) is 12.4. The van der Waals surface area contributed by atoms with Crippen molar-refractivity contribution in [3.63, 3.8) is 0 Å². The van der Waals surface area contributed by atoms with Crippen molar-refractivity contribution in [2.75, 3.05) is 5.43 Å². The summed E-state index contributed by atoms with van der Waals surface area (Å²) in [7, 11) is 0. The van der Waals surface area contributed by atoms with Crippen molar-refractivity contribution in [1.82, 2.24) is 9.97 Å². The second kappa shape index (κ2) is 6.07. The normalized spacial score (nSPS) is 10.7. The third-order valence-corrected chi connectivity index (χ3v) is 3.00. The van der Waals surface area contributed by atoms with Crippen molar-refractivity contribution >= 4 is 17.4 Å². The lowest BCUT2D eigenvalue weighted by Crippen LogP contribution is -2.11. The second-order valence-corrected chi connectivity index (χ2v) is 5.19. The first kappa shape index (κ1) is 14.6. The lowest BCUT2D eigenvalue weighted by molar-refractivity contribution is 0.457. The van der Waals surface area contributed by atoms with E-state index in [0.29, 0.717) is 28.3 Å². The van der Waals surface area contributed by atoms with E-state index >= 15 is 0 Å². The van der Waals surface area contributed by atoms with Crippen molar-refractivity contribution < 1.29 is 4.74 Å². The summed E-state index contributed by atoms with van der Waals surface area (Å²) in [4.78, 5) is 8.63. The molecule has 1 heterocycles. The standard InChI is InChI=1S/C14H17ClN4O/c1-8(2)14-17-12(19-16)7-13(18-14)20-11-6-9(3)4-5-10(11)15/h4-8H,16H2,1-3H3,(H,17,18,19). The minimum atomic E-state index is 0.165. The van der Waals surface area contributed by atoms with Crippen LogP contribution >= 0.6 is 11.6 Å². The lowest BCUT2D eigenvalue weighted by Gasteiger charge is -2.11. The SMILES string of the molecule is Cc1ccc(Cl)c(Oc2cc(NN)nc(C(C)C)n2)c1. The third kappa shape index (κ3) is 3.37. The Balaban J connectivity index is 2.37. The summed E-state index contributed by atoms with van der Waals surface area (Å²) in [6.45, 7) is 5.97. The molecule has 0 saturated carbocycles. The van der Waals surface area contributed by atoms with E-state index in [1.807, 2.05) is 32.9 Å². The van der Waals surface area contributed by atoms with Crippen molar-refractivity contribution in [3.8, 4) is 11.6 Å². The topological polar surface area (TPSA) is 73.1 Å². The summed E-state index contributed by atoms with van der Waals surface area (Å²) >= 11 is 6.11. The number of ether oxygens (including phenoxy) is 1. The van der Waals surface area contributed by atoms with Crippen molar-refractivity contribution in [3.05, 3.63) is 40.7 Å². The Hall–Kier alpha value is -1.85. The minimum Gasteiger partial charge on any atom is -0.437 e. The van der Waals surface area contributed by atoms with Gasteiger partial charge in [-0.1, -0.05) is 31.5 Å². The van der Waals surface area contributed by atoms with Gasteiger partial charge < -0.3 is 10.2 Å². The summed E-state index contributed by atoms with van der Waals surface area (Å²) in [6.07, 6.45) is 0. The molecule has 6 heteroatoms. The number of nitrogens with one attached hydrogen (secondary N) is 1. The van der Waals surface area contributed by atoms with Gasteiger partial charge in [0.15, 0.2) is 0 Å². The molecular weight excluding hydrogens is 276 g/mol. The molecule has 0 aliphatic rings. The van der Waals surface area contributed by atoms with Gasteiger partial charge in [-0.15, -0.1) is 0 Å². The number of anilines is 1. The monoisotopic (exact) mass is 292 g/mol. The highest BCUT2D eigenvalue weighted by atomic mass is 35.5. The van der Waals surface area contributed by atoms with E-state index in [0.717, 1.165) is 5.56 Å². The average Bonchev–Trinajstić information content (AvgIpc) is 2.42. The first-order valence-corrected chi connectivity index (χ1v) is 6.67. The van der Waals surface area contributed by atoms with E-state index < -0.39 is 0 Å². The first-order chi connectivity index (χ1) is 9.49. The van der Waals surface area contributed by atoms with E-state index in [2.05, 4.69) is 15.4 Å². The maximum Gasteiger partial charge on any atom is 0.224 e. The van der Waals surface area contributed by atoms with Crippen molar-refractivity contribution in [2.45, 2.75) is 26.7 Å². The Morgan fingerprint density at radius 1 is 1.25 bits per heavy atom. The second-order valence-electron chi connectivity index (χ2n) is 4.78. The molecule has 1 aromatic carbocycles. The van der Waals surface area contributed by atoms with Gasteiger partial charge in [0.1, 0.15) is 17.4 Å². The molecule has 0 saturated heterocycles. The number of rotatable bonds is 4. The predicted octanol–water partition coefficient (Wildman–Crippen LogP) is 3.64. The molecule has 1 aromatic heterocycles. The molecule has 3 N–H and O–H groups in total. The highest BCUT2D eigenvalue weighted by Gasteiger charge is 2.10. The molecule has 106 valence electrons. The first-order valence-electron chi connectivity index (χ1n) is 6.29. The number of halogens is 1. The summed E-state index contributed by atoms with van der Waals surface area (Å²) in [5.74, 6) is 7.70. The van der Waals surface area contributed by atoms with Gasteiger partial charge in [-0.05, 0) is 24.6 Å². The highest BCUT2D eigenvalue weighted by molar-refractivity contribution is 6.32. The molecule has 0 unspecified atom stereocenters. The van der Waals surface area contributed by atoms with Gasteiger partial charge >= 0.3 is 0 Å². The number of nitrogens with two attached hydrogens (primary N) is 1. The zero-order chi connectivity index (χ0) is 14.7. The molecular formula is C14H17ClN4O. The molecule has 0 amide bonds. The molecule has 2 aromatic rings. The largest absolute Gasteiger partial charge is 0.437 e. The average molecular weight is 293 g/mol. The number of aryl methyl sites for hydroxylation is 1. The number of benzene rings is 1. The molecule has 0 aliphatic carbocycles. The minimum absolute atomic E-state index is 0.165. The Kier molecular flexibility index (Phi) is 4.42. The molecule has 20 heavy (non-hydrogen) atoms. The molecule has 0 atom stereocenters. The molecule has 0 radical (unpaired) electrons. The fourth-order valence-corrected chi connectivity index (χ4v) is 1.78. The van der Waals surface area contributed by atoms with Crippen LogP contribution in [0.2, 0.25) is 5.02 Å². The van der Waals surface area contributed by atoms with E-state index in [4.69, 9.17) is 22.2 Å². The van der Waals surface area contributed by atoms with Crippen LogP contribution in [0.25, 0.3) is 0 Å². The smallest absolute Gasteiger partial charge is 0.224 e. The maximum absolute atomic E-state index is 6.11. The van der Waals surface area contributed by atoms with Crippen molar-refractivity contribution in [1.29, 1.82) is 0 Å². The Morgan fingerprint density at radius 3 is 2.65 bits per heavy atom. The molecule has 2 rings (SSSR count). The van der Waals surface area contributed by atoms with Gasteiger partial charge in [0.05, 0.1) is 5.02 Å². The number of nitrogens with zero attached hydrogens (tertiary/aromatic N) is 2. The van der Waals surface area contributed by atoms with Gasteiger partial charge in [-0.3, -0.25) is 0 Å². The van der Waals surface area contributed by atoms with Crippen LogP contribution in [0.3, 0.4) is 0 Å². The van der Waals surface area contributed by atoms with Crippen LogP contribution in [0.4, 0.5) is 5.82 Å². The van der Waals surface area contributed by atoms with Crippen molar-refractivity contribution in [2.24, 2.45) is 5.84 Å². The molecule has 0 fully saturated rings. The number of aromatic nitrogens is 2. The van der Waals surface area contributed by atoms with Crippen LogP contribution in [0.1, 0.15) is 31.2 Å². The Labute approximate surface area is 123 Å². The van der Waals surface area contributed by atoms with Crippen LogP contribution in [-0.2, 0) is 0 Å². The van der Waals surface area contributed by atoms with Gasteiger partial charge in [0, 0.05) is 12.0 Å². The summed E-state index contributed by atoms with van der Waals surface area (Å²) in [5.41, 5.74) is 3.57. The molecule has 5 nitrogen and oxygen atoms in total. The van der Waals surface area contributed by atoms with Crippen LogP contribution in [0.15, 0.2) is 24.3 Å². The maximum atomic E-state index is 6.11. The summed E-state index contributed by atoms with van der Waals surface area (Å²) in [5, 5.41) is 0.530. The number of hydrazine groups is 1. The van der Waals surface area contributed by atoms with Crippen LogP contribution in [-0.4, -0.2) is 9.97 Å². The van der Waals surface area contributed by atoms with Crippen LogP contribution < -0.4 is 16.0 Å². The Bertz CT molecular complexity index is 616. The van der Waals surface area contributed by atoms with E-state index in [-0.39, 0.29) is 5.92 Å². The van der Waals surface area contributed by atoms with Crippen LogP contribution in [0.5, 0.6) is 11.6 Å². The van der Waals surface area contributed by atoms with Crippen LogP contribution in [0, 0.1) is 6.92 Å². The summed E-state index contributed by atoms with van der Waals surface area (Å²) in [6, 6.07) is 7.19. The predicted molar refractivity (Wildman–Crippen MR) is 80.2 cm³/mol. The van der Waals surface area contributed by atoms with Gasteiger partial charge in [-0.25, -0.2) is 10.8 Å². The number of nitrogen functional groups attached to an aromatic ring is 1. The fraction of sp³-hybridized carbons (Fsp3) is 0.286. The lowest BCUT2D eigenvalue weighted by atomic mass is 10.2. The Morgan fingerprint density at radius 2 is 2.00 bits per heavy atom. The summed E-state index contributed by atoms with van der Waals surface area (Å²) < 4.78 is 5.74. The molecule has 0 aliphatic heterocycles. The molecule has 0 spiro atoms. The van der Waals surface area contributed by atoms with E-state index in [9.17, 15) is 0 Å².